The van der Waals surface area contributed by atoms with E-state index >= 15 is 0 Å². The minimum atomic E-state index is -0.915. The average molecular weight is 348 g/mol. The zero-order chi connectivity index (χ0) is 18.2. The SMILES string of the molecule is CCOc1ccc([N+](=O)[O-])c(C(=O)N2C[C@@H]3CCC[C@@]3(C(=O)O)C2)c1. The van der Waals surface area contributed by atoms with E-state index in [2.05, 4.69) is 0 Å². The number of nitrogens with zero attached hydrogens (tertiary/aromatic N) is 2. The number of fused-ring (bicyclic) bond motifs is 1. The van der Waals surface area contributed by atoms with E-state index in [4.69, 9.17) is 4.74 Å². The highest BCUT2D eigenvalue weighted by atomic mass is 16.6. The molecule has 134 valence electrons. The van der Waals surface area contributed by atoms with Gasteiger partial charge in [0.25, 0.3) is 11.6 Å². The molecule has 1 aliphatic carbocycles. The van der Waals surface area contributed by atoms with Crippen LogP contribution in [0.25, 0.3) is 0 Å². The third kappa shape index (κ3) is 2.81. The van der Waals surface area contributed by atoms with Crippen LogP contribution in [-0.2, 0) is 4.79 Å². The normalized spacial score (nSPS) is 24.8. The minimum Gasteiger partial charge on any atom is -0.494 e. The van der Waals surface area contributed by atoms with E-state index in [1.165, 1.54) is 23.1 Å². The molecule has 8 heteroatoms. The predicted molar refractivity (Wildman–Crippen MR) is 87.6 cm³/mol. The topological polar surface area (TPSA) is 110 Å². The van der Waals surface area contributed by atoms with E-state index in [0.29, 0.717) is 25.3 Å². The largest absolute Gasteiger partial charge is 0.494 e. The highest BCUT2D eigenvalue weighted by molar-refractivity contribution is 5.99. The van der Waals surface area contributed by atoms with Crippen LogP contribution in [0.15, 0.2) is 18.2 Å². The summed E-state index contributed by atoms with van der Waals surface area (Å²) in [6.07, 6.45) is 2.13. The van der Waals surface area contributed by atoms with Crippen molar-refractivity contribution in [2.24, 2.45) is 11.3 Å². The van der Waals surface area contributed by atoms with Gasteiger partial charge in [0.1, 0.15) is 11.3 Å². The van der Waals surface area contributed by atoms with Crippen molar-refractivity contribution in [3.8, 4) is 5.75 Å². The van der Waals surface area contributed by atoms with E-state index in [9.17, 15) is 24.8 Å². The van der Waals surface area contributed by atoms with Crippen molar-refractivity contribution < 1.29 is 24.4 Å². The lowest BCUT2D eigenvalue weighted by atomic mass is 9.81. The number of aliphatic carboxylic acids is 1. The number of carbonyl (C=O) groups is 2. The van der Waals surface area contributed by atoms with Gasteiger partial charge >= 0.3 is 5.97 Å². The number of carboxylic acid groups (broad SMARTS) is 1. The van der Waals surface area contributed by atoms with Crippen molar-refractivity contribution in [1.29, 1.82) is 0 Å². The fourth-order valence-electron chi connectivity index (χ4n) is 4.07. The van der Waals surface area contributed by atoms with Crippen LogP contribution < -0.4 is 4.74 Å². The molecule has 0 aromatic heterocycles. The summed E-state index contributed by atoms with van der Waals surface area (Å²) < 4.78 is 5.34. The molecule has 1 aromatic carbocycles. The highest BCUT2D eigenvalue weighted by Gasteiger charge is 2.56. The van der Waals surface area contributed by atoms with Gasteiger partial charge in [0.2, 0.25) is 0 Å². The van der Waals surface area contributed by atoms with Crippen molar-refractivity contribution >= 4 is 17.6 Å². The molecule has 0 spiro atoms. The number of hydrogen-bond acceptors (Lipinski definition) is 5. The van der Waals surface area contributed by atoms with Gasteiger partial charge in [-0.15, -0.1) is 0 Å². The van der Waals surface area contributed by atoms with Gasteiger partial charge in [0.05, 0.1) is 16.9 Å². The quantitative estimate of drug-likeness (QED) is 0.646. The molecule has 2 atom stereocenters. The summed E-state index contributed by atoms with van der Waals surface area (Å²) in [6.45, 7) is 2.57. The summed E-state index contributed by atoms with van der Waals surface area (Å²) in [5.41, 5.74) is -1.27. The number of ether oxygens (including phenoxy) is 1. The summed E-state index contributed by atoms with van der Waals surface area (Å²) in [6, 6.07) is 4.07. The van der Waals surface area contributed by atoms with Crippen LogP contribution >= 0.6 is 0 Å². The molecule has 0 unspecified atom stereocenters. The molecule has 1 heterocycles. The van der Waals surface area contributed by atoms with E-state index in [-0.39, 0.29) is 23.7 Å². The number of nitro benzene ring substituents is 1. The third-order valence-electron chi connectivity index (χ3n) is 5.29. The van der Waals surface area contributed by atoms with Crippen LogP contribution in [0.4, 0.5) is 5.69 Å². The van der Waals surface area contributed by atoms with E-state index in [1.807, 2.05) is 0 Å². The van der Waals surface area contributed by atoms with Crippen LogP contribution in [0.5, 0.6) is 5.75 Å². The molecule has 3 rings (SSSR count). The van der Waals surface area contributed by atoms with Crippen molar-refractivity contribution in [2.75, 3.05) is 19.7 Å². The molecule has 25 heavy (non-hydrogen) atoms. The third-order valence-corrected chi connectivity index (χ3v) is 5.29. The van der Waals surface area contributed by atoms with Crippen molar-refractivity contribution in [3.05, 3.63) is 33.9 Å². The van der Waals surface area contributed by atoms with Gasteiger partial charge in [-0.25, -0.2) is 0 Å². The molecular formula is C17H20N2O6. The van der Waals surface area contributed by atoms with Gasteiger partial charge in [-0.2, -0.15) is 0 Å². The number of benzene rings is 1. The Morgan fingerprint density at radius 3 is 2.84 bits per heavy atom. The Balaban J connectivity index is 1.92. The molecule has 1 N–H and O–H groups in total. The van der Waals surface area contributed by atoms with Gasteiger partial charge < -0.3 is 14.7 Å². The van der Waals surface area contributed by atoms with Crippen LogP contribution in [-0.4, -0.2) is 46.5 Å². The Morgan fingerprint density at radius 2 is 2.24 bits per heavy atom. The van der Waals surface area contributed by atoms with Gasteiger partial charge in [0, 0.05) is 19.2 Å². The number of amides is 1. The lowest BCUT2D eigenvalue weighted by Crippen LogP contribution is -2.37. The molecule has 1 aromatic rings. The van der Waals surface area contributed by atoms with E-state index in [0.717, 1.165) is 12.8 Å². The van der Waals surface area contributed by atoms with E-state index < -0.39 is 22.2 Å². The van der Waals surface area contributed by atoms with Crippen LogP contribution in [0.2, 0.25) is 0 Å². The van der Waals surface area contributed by atoms with Crippen LogP contribution in [0.3, 0.4) is 0 Å². The molecule has 1 saturated heterocycles. The second-order valence-electron chi connectivity index (χ2n) is 6.61. The Hall–Kier alpha value is -2.64. The summed E-state index contributed by atoms with van der Waals surface area (Å²) in [5, 5.41) is 20.9. The monoisotopic (exact) mass is 348 g/mol. The Morgan fingerprint density at radius 1 is 1.48 bits per heavy atom. The summed E-state index contributed by atoms with van der Waals surface area (Å²) in [7, 11) is 0. The van der Waals surface area contributed by atoms with Crippen LogP contribution in [0.1, 0.15) is 36.5 Å². The second kappa shape index (κ2) is 6.34. The predicted octanol–water partition coefficient (Wildman–Crippen LogP) is 2.32. The lowest BCUT2D eigenvalue weighted by molar-refractivity contribution is -0.385. The number of likely N-dealkylation sites (tertiary alicyclic amines) is 1. The molecule has 0 bridgehead atoms. The molecule has 1 saturated carbocycles. The Kier molecular flexibility index (Phi) is 4.36. The smallest absolute Gasteiger partial charge is 0.311 e. The Labute approximate surface area is 144 Å². The Bertz CT molecular complexity index is 734. The van der Waals surface area contributed by atoms with Crippen LogP contribution in [0, 0.1) is 21.4 Å². The van der Waals surface area contributed by atoms with Crippen molar-refractivity contribution in [2.45, 2.75) is 26.2 Å². The highest BCUT2D eigenvalue weighted by Crippen LogP contribution is 2.49. The number of nitro groups is 1. The zero-order valence-corrected chi connectivity index (χ0v) is 13.9. The van der Waals surface area contributed by atoms with Gasteiger partial charge in [-0.1, -0.05) is 6.42 Å². The molecule has 0 radical (unpaired) electrons. The second-order valence-corrected chi connectivity index (χ2v) is 6.61. The fourth-order valence-corrected chi connectivity index (χ4v) is 4.07. The molecule has 1 aliphatic heterocycles. The van der Waals surface area contributed by atoms with Gasteiger partial charge in [-0.3, -0.25) is 19.7 Å². The van der Waals surface area contributed by atoms with Gasteiger partial charge in [0.15, 0.2) is 0 Å². The summed E-state index contributed by atoms with van der Waals surface area (Å²) in [4.78, 5) is 36.8. The first-order valence-electron chi connectivity index (χ1n) is 8.33. The number of rotatable bonds is 5. The minimum absolute atomic E-state index is 0.0588. The average Bonchev–Trinajstić information content (AvgIpc) is 3.12. The first-order chi connectivity index (χ1) is 11.9. The van der Waals surface area contributed by atoms with E-state index in [1.54, 1.807) is 6.92 Å². The maximum atomic E-state index is 12.9. The fraction of sp³-hybridized carbons (Fsp3) is 0.529. The van der Waals surface area contributed by atoms with Crippen molar-refractivity contribution in [3.63, 3.8) is 0 Å². The van der Waals surface area contributed by atoms with Gasteiger partial charge in [-0.05, 0) is 37.8 Å². The number of carboxylic acids is 1. The number of hydrogen-bond donors (Lipinski definition) is 1. The first kappa shape index (κ1) is 17.2. The standard InChI is InChI=1S/C17H20N2O6/c1-2-25-12-5-6-14(19(23)24)13(8-12)15(20)18-9-11-4-3-7-17(11,10-18)16(21)22/h5-6,8,11H,2-4,7,9-10H2,1H3,(H,21,22)/t11-,17+/m0/s1. The summed E-state index contributed by atoms with van der Waals surface area (Å²) >= 11 is 0. The first-order valence-corrected chi connectivity index (χ1v) is 8.33. The maximum Gasteiger partial charge on any atom is 0.311 e. The molecule has 2 aliphatic rings. The summed E-state index contributed by atoms with van der Waals surface area (Å²) in [5.74, 6) is -1.11. The molecule has 2 fully saturated rings. The molecule has 8 nitrogen and oxygen atoms in total. The molecule has 1 amide bonds. The molecular weight excluding hydrogens is 328 g/mol. The number of carbonyl (C=O) groups excluding carboxylic acids is 1. The zero-order valence-electron chi connectivity index (χ0n) is 13.9. The lowest BCUT2D eigenvalue weighted by Gasteiger charge is -2.23. The maximum absolute atomic E-state index is 12.9. The van der Waals surface area contributed by atoms with Crippen molar-refractivity contribution in [1.82, 2.24) is 4.90 Å².